The average molecular weight is 189 g/mol. The third-order valence-corrected chi connectivity index (χ3v) is 1.55. The summed E-state index contributed by atoms with van der Waals surface area (Å²) in [5.41, 5.74) is 4.63. The number of carbonyl (C=O) groups is 2. The largest absolute Gasteiger partial charge is 0.477 e. The number of hydrogen-bond donors (Lipinski definition) is 3. The fraction of sp³-hybridized carbons (Fsp3) is 0. The van der Waals surface area contributed by atoms with Gasteiger partial charge in [0.05, 0.1) is 5.02 Å². The normalized spacial score (nSPS) is 9.75. The van der Waals surface area contributed by atoms with Crippen LogP contribution < -0.4 is 5.73 Å². The lowest BCUT2D eigenvalue weighted by Gasteiger charge is -1.87. The first-order chi connectivity index (χ1) is 5.52. The molecule has 0 unspecified atom stereocenters. The van der Waals surface area contributed by atoms with E-state index in [0.29, 0.717) is 0 Å². The number of carboxylic acids is 1. The van der Waals surface area contributed by atoms with Crippen molar-refractivity contribution in [1.82, 2.24) is 4.98 Å². The van der Waals surface area contributed by atoms with Crippen molar-refractivity contribution in [3.8, 4) is 0 Å². The number of H-pyrrole nitrogens is 1. The highest BCUT2D eigenvalue weighted by molar-refractivity contribution is 6.33. The molecule has 6 heteroatoms. The Labute approximate surface area is 72.1 Å². The van der Waals surface area contributed by atoms with Gasteiger partial charge in [0.25, 0.3) is 5.91 Å². The molecule has 1 aromatic heterocycles. The summed E-state index contributed by atoms with van der Waals surface area (Å²) in [6.07, 6.45) is 0. The third kappa shape index (κ3) is 1.40. The molecule has 5 nitrogen and oxygen atoms in total. The Hall–Kier alpha value is -1.49. The van der Waals surface area contributed by atoms with E-state index in [-0.39, 0.29) is 16.4 Å². The molecule has 1 amide bonds. The second-order valence-electron chi connectivity index (χ2n) is 2.08. The molecular formula is C6H5ClN2O3. The number of nitrogens with two attached hydrogens (primary N) is 1. The molecule has 0 fully saturated rings. The van der Waals surface area contributed by atoms with Gasteiger partial charge in [-0.05, 0) is 6.07 Å². The molecule has 0 aliphatic carbocycles. The maximum absolute atomic E-state index is 10.5. The standard InChI is InChI=1S/C6H5ClN2O3/c7-2-1-3(5(8)10)9-4(2)6(11)12/h1,9H,(H2,8,10)(H,11,12). The molecular weight excluding hydrogens is 184 g/mol. The second kappa shape index (κ2) is 2.86. The van der Waals surface area contributed by atoms with Crippen molar-refractivity contribution in [2.75, 3.05) is 0 Å². The first-order valence-electron chi connectivity index (χ1n) is 2.94. The van der Waals surface area contributed by atoms with Crippen molar-refractivity contribution in [3.63, 3.8) is 0 Å². The Balaban J connectivity index is 3.17. The zero-order valence-electron chi connectivity index (χ0n) is 5.80. The zero-order chi connectivity index (χ0) is 9.30. The Morgan fingerprint density at radius 1 is 1.58 bits per heavy atom. The van der Waals surface area contributed by atoms with Gasteiger partial charge < -0.3 is 15.8 Å². The monoisotopic (exact) mass is 188 g/mol. The number of primary amides is 1. The minimum absolute atomic E-state index is 0.0163. The molecule has 1 aromatic rings. The Morgan fingerprint density at radius 2 is 2.17 bits per heavy atom. The fourth-order valence-corrected chi connectivity index (χ4v) is 0.955. The quantitative estimate of drug-likeness (QED) is 0.629. The molecule has 0 saturated carbocycles. The highest BCUT2D eigenvalue weighted by atomic mass is 35.5. The maximum atomic E-state index is 10.5. The molecule has 0 saturated heterocycles. The van der Waals surface area contributed by atoms with E-state index in [1.54, 1.807) is 0 Å². The number of hydrogen-bond acceptors (Lipinski definition) is 2. The number of carbonyl (C=O) groups excluding carboxylic acids is 1. The number of carboxylic acid groups (broad SMARTS) is 1. The minimum Gasteiger partial charge on any atom is -0.477 e. The van der Waals surface area contributed by atoms with Crippen LogP contribution in [0.1, 0.15) is 21.0 Å². The summed E-state index contributed by atoms with van der Waals surface area (Å²) in [6, 6.07) is 1.17. The van der Waals surface area contributed by atoms with Gasteiger partial charge in [0.2, 0.25) is 0 Å². The van der Waals surface area contributed by atoms with Gasteiger partial charge in [-0.15, -0.1) is 0 Å². The van der Waals surface area contributed by atoms with E-state index in [1.165, 1.54) is 6.07 Å². The van der Waals surface area contributed by atoms with Crippen LogP contribution in [-0.4, -0.2) is 22.0 Å². The van der Waals surface area contributed by atoms with Crippen molar-refractivity contribution >= 4 is 23.5 Å². The van der Waals surface area contributed by atoms with Gasteiger partial charge >= 0.3 is 5.97 Å². The lowest BCUT2D eigenvalue weighted by Crippen LogP contribution is -2.11. The highest BCUT2D eigenvalue weighted by Crippen LogP contribution is 2.16. The molecule has 0 bridgehead atoms. The first-order valence-corrected chi connectivity index (χ1v) is 3.31. The van der Waals surface area contributed by atoms with Crippen LogP contribution in [-0.2, 0) is 0 Å². The Kier molecular flexibility index (Phi) is 2.05. The Morgan fingerprint density at radius 3 is 2.42 bits per heavy atom. The van der Waals surface area contributed by atoms with Crippen molar-refractivity contribution in [2.45, 2.75) is 0 Å². The van der Waals surface area contributed by atoms with Crippen molar-refractivity contribution in [2.24, 2.45) is 5.73 Å². The molecule has 64 valence electrons. The molecule has 0 aliphatic rings. The van der Waals surface area contributed by atoms with Gasteiger partial charge in [0.1, 0.15) is 11.4 Å². The Bertz CT molecular complexity index is 345. The number of aromatic amines is 1. The predicted octanol–water partition coefficient (Wildman–Crippen LogP) is 0.465. The van der Waals surface area contributed by atoms with Gasteiger partial charge in [-0.2, -0.15) is 0 Å². The minimum atomic E-state index is -1.23. The van der Waals surface area contributed by atoms with Crippen LogP contribution >= 0.6 is 11.6 Å². The van der Waals surface area contributed by atoms with E-state index in [0.717, 1.165) is 0 Å². The van der Waals surface area contributed by atoms with E-state index in [1.807, 2.05) is 0 Å². The smallest absolute Gasteiger partial charge is 0.353 e. The molecule has 0 radical (unpaired) electrons. The number of aromatic carboxylic acids is 1. The van der Waals surface area contributed by atoms with Gasteiger partial charge in [-0.25, -0.2) is 4.79 Å². The summed E-state index contributed by atoms with van der Waals surface area (Å²) >= 11 is 5.46. The number of nitrogens with one attached hydrogen (secondary N) is 1. The number of halogens is 1. The van der Waals surface area contributed by atoms with Crippen molar-refractivity contribution in [3.05, 3.63) is 22.5 Å². The van der Waals surface area contributed by atoms with Crippen molar-refractivity contribution in [1.29, 1.82) is 0 Å². The molecule has 4 N–H and O–H groups in total. The summed E-state index contributed by atoms with van der Waals surface area (Å²) < 4.78 is 0. The van der Waals surface area contributed by atoms with E-state index in [4.69, 9.17) is 22.4 Å². The average Bonchev–Trinajstić information content (AvgIpc) is 2.30. The summed E-state index contributed by atoms with van der Waals surface area (Å²) in [4.78, 5) is 23.2. The van der Waals surface area contributed by atoms with Crippen molar-refractivity contribution < 1.29 is 14.7 Å². The number of aromatic nitrogens is 1. The lowest BCUT2D eigenvalue weighted by molar-refractivity contribution is 0.0691. The number of amides is 1. The van der Waals surface area contributed by atoms with Crippen LogP contribution in [0, 0.1) is 0 Å². The lowest BCUT2D eigenvalue weighted by atomic mass is 10.4. The van der Waals surface area contributed by atoms with Crippen LogP contribution in [0.3, 0.4) is 0 Å². The van der Waals surface area contributed by atoms with Crippen LogP contribution in [0.4, 0.5) is 0 Å². The SMILES string of the molecule is NC(=O)c1cc(Cl)c(C(=O)O)[nH]1. The summed E-state index contributed by atoms with van der Waals surface area (Å²) in [5.74, 6) is -1.98. The maximum Gasteiger partial charge on any atom is 0.353 e. The van der Waals surface area contributed by atoms with Crippen LogP contribution in [0.15, 0.2) is 6.07 Å². The van der Waals surface area contributed by atoms with E-state index in [2.05, 4.69) is 4.98 Å². The topological polar surface area (TPSA) is 96.2 Å². The second-order valence-corrected chi connectivity index (χ2v) is 2.48. The van der Waals surface area contributed by atoms with Crippen LogP contribution in [0.2, 0.25) is 5.02 Å². The van der Waals surface area contributed by atoms with Crippen LogP contribution in [0.5, 0.6) is 0 Å². The molecule has 1 heterocycles. The first kappa shape index (κ1) is 8.61. The molecule has 12 heavy (non-hydrogen) atoms. The summed E-state index contributed by atoms with van der Waals surface area (Å²) in [5, 5.41) is 8.46. The van der Waals surface area contributed by atoms with E-state index < -0.39 is 11.9 Å². The molecule has 0 aliphatic heterocycles. The summed E-state index contributed by atoms with van der Waals surface area (Å²) in [6.45, 7) is 0. The van der Waals surface area contributed by atoms with Gasteiger partial charge in [-0.3, -0.25) is 4.79 Å². The van der Waals surface area contributed by atoms with E-state index >= 15 is 0 Å². The van der Waals surface area contributed by atoms with E-state index in [9.17, 15) is 9.59 Å². The van der Waals surface area contributed by atoms with Gasteiger partial charge in [-0.1, -0.05) is 11.6 Å². The highest BCUT2D eigenvalue weighted by Gasteiger charge is 2.14. The molecule has 1 rings (SSSR count). The van der Waals surface area contributed by atoms with Crippen LogP contribution in [0.25, 0.3) is 0 Å². The molecule has 0 atom stereocenters. The fourth-order valence-electron chi connectivity index (χ4n) is 0.718. The number of rotatable bonds is 2. The predicted molar refractivity (Wildman–Crippen MR) is 41.3 cm³/mol. The third-order valence-electron chi connectivity index (χ3n) is 1.25. The van der Waals surface area contributed by atoms with Gasteiger partial charge in [0.15, 0.2) is 0 Å². The van der Waals surface area contributed by atoms with Gasteiger partial charge in [0, 0.05) is 0 Å². The summed E-state index contributed by atoms with van der Waals surface area (Å²) in [7, 11) is 0. The molecule has 0 aromatic carbocycles. The molecule has 0 spiro atoms. The zero-order valence-corrected chi connectivity index (χ0v) is 6.55.